The second-order valence-electron chi connectivity index (χ2n) is 13.6. The van der Waals surface area contributed by atoms with Gasteiger partial charge >= 0.3 is 5.97 Å². The maximum atomic E-state index is 11.8. The molecule has 0 saturated heterocycles. The number of ether oxygens (including phenoxy) is 10. The molecule has 0 aliphatic heterocycles. The van der Waals surface area contributed by atoms with Crippen LogP contribution in [0.3, 0.4) is 0 Å². The molecule has 324 valence electrons. The van der Waals surface area contributed by atoms with Crippen molar-refractivity contribution in [3.05, 3.63) is 108 Å². The van der Waals surface area contributed by atoms with Crippen LogP contribution in [0.2, 0.25) is 0 Å². The van der Waals surface area contributed by atoms with Crippen molar-refractivity contribution in [3.8, 4) is 0 Å². The van der Waals surface area contributed by atoms with E-state index < -0.39 is 5.60 Å². The molecule has 0 N–H and O–H groups in total. The van der Waals surface area contributed by atoms with Crippen LogP contribution in [0.4, 0.5) is 0 Å². The molecular formula is C47H70O11. The second-order valence-corrected chi connectivity index (χ2v) is 13.6. The molecule has 3 rings (SSSR count). The van der Waals surface area contributed by atoms with Crippen LogP contribution in [0.1, 0.15) is 75.0 Å². The zero-order valence-corrected chi connectivity index (χ0v) is 35.0. The lowest BCUT2D eigenvalue weighted by Gasteiger charge is -2.36. The topological polar surface area (TPSA) is 109 Å². The summed E-state index contributed by atoms with van der Waals surface area (Å²) >= 11 is 0. The van der Waals surface area contributed by atoms with E-state index in [1.165, 1.54) is 32.1 Å². The van der Waals surface area contributed by atoms with Crippen LogP contribution in [0, 0.1) is 0 Å². The fourth-order valence-corrected chi connectivity index (χ4v) is 6.18. The minimum Gasteiger partial charge on any atom is -0.463 e. The van der Waals surface area contributed by atoms with Gasteiger partial charge in [0.25, 0.3) is 0 Å². The van der Waals surface area contributed by atoms with Crippen LogP contribution in [-0.4, -0.2) is 125 Å². The molecule has 0 spiro atoms. The summed E-state index contributed by atoms with van der Waals surface area (Å²) < 4.78 is 56.6. The Bertz CT molecular complexity index is 1250. The number of esters is 1. The van der Waals surface area contributed by atoms with Crippen LogP contribution >= 0.6 is 0 Å². The average molecular weight is 811 g/mol. The summed E-state index contributed by atoms with van der Waals surface area (Å²) in [4.78, 5) is 11.8. The highest BCUT2D eigenvalue weighted by Crippen LogP contribution is 2.40. The van der Waals surface area contributed by atoms with Gasteiger partial charge in [-0.1, -0.05) is 136 Å². The lowest BCUT2D eigenvalue weighted by atomic mass is 9.80. The minimum absolute atomic E-state index is 0.141. The van der Waals surface area contributed by atoms with E-state index in [9.17, 15) is 4.79 Å². The fraction of sp³-hybridized carbons (Fsp3) is 0.596. The number of carbonyl (C=O) groups excluding carboxylic acids is 1. The molecule has 11 nitrogen and oxygen atoms in total. The summed E-state index contributed by atoms with van der Waals surface area (Å²) in [6, 6.07) is 31.0. The highest BCUT2D eigenvalue weighted by Gasteiger charge is 2.37. The van der Waals surface area contributed by atoms with Crippen molar-refractivity contribution >= 4 is 5.97 Å². The molecule has 0 amide bonds. The van der Waals surface area contributed by atoms with Crippen molar-refractivity contribution < 1.29 is 52.2 Å². The van der Waals surface area contributed by atoms with Crippen LogP contribution in [0.5, 0.6) is 0 Å². The van der Waals surface area contributed by atoms with Crippen LogP contribution in [-0.2, 0) is 57.8 Å². The molecule has 0 heterocycles. The van der Waals surface area contributed by atoms with Gasteiger partial charge in [-0.2, -0.15) is 0 Å². The maximum absolute atomic E-state index is 11.8. The molecule has 0 unspecified atom stereocenters. The van der Waals surface area contributed by atoms with E-state index in [1.807, 2.05) is 54.6 Å². The Morgan fingerprint density at radius 1 is 0.379 bits per heavy atom. The zero-order valence-electron chi connectivity index (χ0n) is 35.0. The maximum Gasteiger partial charge on any atom is 0.305 e. The first kappa shape index (κ1) is 49.1. The first-order valence-electron chi connectivity index (χ1n) is 21.4. The molecule has 0 aliphatic carbocycles. The van der Waals surface area contributed by atoms with Gasteiger partial charge in [-0.3, -0.25) is 4.79 Å². The SMILES string of the molecule is CCCCCCCCCC(=O)OCCOCCOCCOCCOCCOCCOCCOCCOCCOC(c1ccccc1)(c1ccccc1)c1ccccc1. The lowest BCUT2D eigenvalue weighted by Crippen LogP contribution is -2.34. The largest absolute Gasteiger partial charge is 0.463 e. The second kappa shape index (κ2) is 34.6. The van der Waals surface area contributed by atoms with E-state index in [1.54, 1.807) is 0 Å². The Balaban J connectivity index is 1.04. The summed E-state index contributed by atoms with van der Waals surface area (Å²) in [5, 5.41) is 0. The Morgan fingerprint density at radius 2 is 0.672 bits per heavy atom. The van der Waals surface area contributed by atoms with Gasteiger partial charge < -0.3 is 47.4 Å². The van der Waals surface area contributed by atoms with Crippen molar-refractivity contribution in [2.75, 3.05) is 119 Å². The molecule has 58 heavy (non-hydrogen) atoms. The minimum atomic E-state index is -0.754. The van der Waals surface area contributed by atoms with Crippen molar-refractivity contribution in [2.24, 2.45) is 0 Å². The van der Waals surface area contributed by atoms with Gasteiger partial charge in [-0.25, -0.2) is 0 Å². The molecule has 11 heteroatoms. The lowest BCUT2D eigenvalue weighted by molar-refractivity contribution is -0.145. The molecule has 0 radical (unpaired) electrons. The summed E-state index contributed by atoms with van der Waals surface area (Å²) in [6.45, 7) is 10.5. The van der Waals surface area contributed by atoms with Gasteiger partial charge in [0, 0.05) is 6.42 Å². The van der Waals surface area contributed by atoms with E-state index in [-0.39, 0.29) is 12.6 Å². The van der Waals surface area contributed by atoms with Crippen LogP contribution in [0.25, 0.3) is 0 Å². The van der Waals surface area contributed by atoms with Crippen molar-refractivity contribution in [1.82, 2.24) is 0 Å². The number of rotatable bonds is 39. The van der Waals surface area contributed by atoms with E-state index in [2.05, 4.69) is 43.3 Å². The zero-order chi connectivity index (χ0) is 40.9. The standard InChI is InChI=1S/C47H70O11/c1-2-3-4-5-6-7-17-24-46(48)57-41-39-55-37-35-53-33-31-51-29-27-49-25-26-50-28-30-52-32-34-54-36-38-56-40-42-58-47(43-18-11-8-12-19-43,44-20-13-9-14-21-44)45-22-15-10-16-23-45/h8-16,18-23H,2-7,17,24-42H2,1H3. The predicted octanol–water partition coefficient (Wildman–Crippen LogP) is 7.81. The molecule has 0 aromatic heterocycles. The van der Waals surface area contributed by atoms with Gasteiger partial charge in [0.1, 0.15) is 12.2 Å². The van der Waals surface area contributed by atoms with E-state index >= 15 is 0 Å². The molecule has 3 aromatic carbocycles. The molecule has 0 bridgehead atoms. The van der Waals surface area contributed by atoms with Crippen LogP contribution in [0.15, 0.2) is 91.0 Å². The average Bonchev–Trinajstić information content (AvgIpc) is 3.26. The third-order valence-electron chi connectivity index (χ3n) is 9.17. The monoisotopic (exact) mass is 810 g/mol. The summed E-state index contributed by atoms with van der Waals surface area (Å²) in [7, 11) is 0. The van der Waals surface area contributed by atoms with E-state index in [0.29, 0.717) is 119 Å². The molecule has 0 saturated carbocycles. The number of benzene rings is 3. The Labute approximate surface area is 347 Å². The predicted molar refractivity (Wildman–Crippen MR) is 225 cm³/mol. The number of hydrogen-bond donors (Lipinski definition) is 0. The first-order chi connectivity index (χ1) is 28.8. The Kier molecular flexibility index (Phi) is 29.3. The number of unbranched alkanes of at least 4 members (excludes halogenated alkanes) is 6. The van der Waals surface area contributed by atoms with E-state index in [4.69, 9.17) is 47.4 Å². The highest BCUT2D eigenvalue weighted by molar-refractivity contribution is 5.69. The van der Waals surface area contributed by atoms with Crippen molar-refractivity contribution in [3.63, 3.8) is 0 Å². The summed E-state index contributed by atoms with van der Waals surface area (Å²) in [6.07, 6.45) is 8.78. The smallest absolute Gasteiger partial charge is 0.305 e. The Morgan fingerprint density at radius 3 is 1.02 bits per heavy atom. The van der Waals surface area contributed by atoms with Gasteiger partial charge in [-0.05, 0) is 23.1 Å². The number of carbonyl (C=O) groups is 1. The molecule has 0 fully saturated rings. The van der Waals surface area contributed by atoms with Gasteiger partial charge in [-0.15, -0.1) is 0 Å². The Hall–Kier alpha value is -3.23. The van der Waals surface area contributed by atoms with Crippen molar-refractivity contribution in [1.29, 1.82) is 0 Å². The molecule has 0 atom stereocenters. The van der Waals surface area contributed by atoms with Crippen LogP contribution < -0.4 is 0 Å². The van der Waals surface area contributed by atoms with Gasteiger partial charge in [0.2, 0.25) is 0 Å². The number of hydrogen-bond acceptors (Lipinski definition) is 11. The van der Waals surface area contributed by atoms with Crippen molar-refractivity contribution in [2.45, 2.75) is 63.9 Å². The summed E-state index contributed by atoms with van der Waals surface area (Å²) in [5.41, 5.74) is 2.44. The molecule has 3 aromatic rings. The summed E-state index contributed by atoms with van der Waals surface area (Å²) in [5.74, 6) is -0.141. The fourth-order valence-electron chi connectivity index (χ4n) is 6.18. The van der Waals surface area contributed by atoms with E-state index in [0.717, 1.165) is 29.5 Å². The molecular weight excluding hydrogens is 741 g/mol. The third-order valence-corrected chi connectivity index (χ3v) is 9.17. The van der Waals surface area contributed by atoms with Gasteiger partial charge in [0.15, 0.2) is 0 Å². The highest BCUT2D eigenvalue weighted by atomic mass is 16.6. The third kappa shape index (κ3) is 22.2. The quantitative estimate of drug-likeness (QED) is 0.0320. The van der Waals surface area contributed by atoms with Gasteiger partial charge in [0.05, 0.1) is 112 Å². The normalized spacial score (nSPS) is 11.6. The first-order valence-corrected chi connectivity index (χ1v) is 21.4. The molecule has 0 aliphatic rings.